The molecule has 0 atom stereocenters. The number of carbonyl (C=O) groups excluding carboxylic acids is 2. The lowest BCUT2D eigenvalue weighted by Crippen LogP contribution is -2.21. The zero-order valence-corrected chi connectivity index (χ0v) is 12.6. The Morgan fingerprint density at radius 1 is 0.905 bits per heavy atom. The summed E-state index contributed by atoms with van der Waals surface area (Å²) in [5.41, 5.74) is 1.95. The van der Waals surface area contributed by atoms with Crippen molar-refractivity contribution >= 4 is 35.8 Å². The SMILES string of the molecule is O=C1C(Cl)=C(Cc2ccccc2)C(=O)c2c(S)cccc21. The number of fused-ring (bicyclic) bond motifs is 1. The second-order valence-electron chi connectivity index (χ2n) is 4.81. The van der Waals surface area contributed by atoms with E-state index in [2.05, 4.69) is 12.6 Å². The molecule has 4 heteroatoms. The highest BCUT2D eigenvalue weighted by Gasteiger charge is 2.32. The second kappa shape index (κ2) is 5.51. The summed E-state index contributed by atoms with van der Waals surface area (Å²) in [4.78, 5) is 25.5. The average molecular weight is 315 g/mol. The van der Waals surface area contributed by atoms with Crippen LogP contribution in [0.1, 0.15) is 26.3 Å². The number of allylic oxidation sites excluding steroid dienone is 2. The van der Waals surface area contributed by atoms with Crippen molar-refractivity contribution in [1.29, 1.82) is 0 Å². The van der Waals surface area contributed by atoms with Crippen molar-refractivity contribution in [3.05, 3.63) is 75.8 Å². The summed E-state index contributed by atoms with van der Waals surface area (Å²) in [6.07, 6.45) is 0.339. The molecule has 21 heavy (non-hydrogen) atoms. The molecule has 0 amide bonds. The molecule has 104 valence electrons. The molecular formula is C17H11ClO2S. The largest absolute Gasteiger partial charge is 0.289 e. The molecule has 0 saturated heterocycles. The van der Waals surface area contributed by atoms with Crippen molar-refractivity contribution in [1.82, 2.24) is 0 Å². The maximum absolute atomic E-state index is 12.7. The van der Waals surface area contributed by atoms with Gasteiger partial charge >= 0.3 is 0 Å². The number of Topliss-reactive ketones (excluding diaryl/α,β-unsaturated/α-hetero) is 2. The Balaban J connectivity index is 2.10. The van der Waals surface area contributed by atoms with Crippen LogP contribution in [0.3, 0.4) is 0 Å². The normalized spacial score (nSPS) is 14.4. The van der Waals surface area contributed by atoms with E-state index in [9.17, 15) is 9.59 Å². The Hall–Kier alpha value is -1.84. The molecule has 0 heterocycles. The third-order valence-electron chi connectivity index (χ3n) is 3.48. The van der Waals surface area contributed by atoms with Gasteiger partial charge in [0.2, 0.25) is 5.78 Å². The quantitative estimate of drug-likeness (QED) is 0.847. The fourth-order valence-electron chi connectivity index (χ4n) is 2.43. The predicted molar refractivity (Wildman–Crippen MR) is 85.4 cm³/mol. The van der Waals surface area contributed by atoms with Crippen LogP contribution in [0, 0.1) is 0 Å². The lowest BCUT2D eigenvalue weighted by Gasteiger charge is -2.19. The molecule has 2 aromatic rings. The molecule has 0 fully saturated rings. The smallest absolute Gasteiger partial charge is 0.205 e. The van der Waals surface area contributed by atoms with Gasteiger partial charge < -0.3 is 0 Å². The topological polar surface area (TPSA) is 34.1 Å². The van der Waals surface area contributed by atoms with Crippen LogP contribution in [0.5, 0.6) is 0 Å². The highest BCUT2D eigenvalue weighted by molar-refractivity contribution is 7.80. The van der Waals surface area contributed by atoms with Gasteiger partial charge in [-0.15, -0.1) is 12.6 Å². The predicted octanol–water partition coefficient (Wildman–Crippen LogP) is 4.09. The third kappa shape index (κ3) is 2.43. The third-order valence-corrected chi connectivity index (χ3v) is 4.25. The minimum atomic E-state index is -0.312. The van der Waals surface area contributed by atoms with Crippen molar-refractivity contribution in [3.63, 3.8) is 0 Å². The second-order valence-corrected chi connectivity index (χ2v) is 5.67. The summed E-state index contributed by atoms with van der Waals surface area (Å²) in [6.45, 7) is 0. The monoisotopic (exact) mass is 314 g/mol. The minimum absolute atomic E-state index is 0.00952. The molecule has 1 aliphatic carbocycles. The molecule has 2 nitrogen and oxygen atoms in total. The number of benzene rings is 2. The van der Waals surface area contributed by atoms with Crippen molar-refractivity contribution in [2.24, 2.45) is 0 Å². The molecule has 0 N–H and O–H groups in total. The van der Waals surface area contributed by atoms with Crippen LogP contribution in [-0.2, 0) is 6.42 Å². The van der Waals surface area contributed by atoms with Gasteiger partial charge in [0.15, 0.2) is 5.78 Å². The van der Waals surface area contributed by atoms with E-state index in [0.29, 0.717) is 28.0 Å². The molecule has 3 rings (SSSR count). The average Bonchev–Trinajstić information content (AvgIpc) is 2.50. The maximum atomic E-state index is 12.7. The van der Waals surface area contributed by atoms with Gasteiger partial charge in [0.1, 0.15) is 0 Å². The van der Waals surface area contributed by atoms with Crippen LogP contribution in [-0.4, -0.2) is 11.6 Å². The molecular weight excluding hydrogens is 304 g/mol. The van der Waals surface area contributed by atoms with Crippen molar-refractivity contribution in [3.8, 4) is 0 Å². The highest BCUT2D eigenvalue weighted by atomic mass is 35.5. The molecule has 1 aliphatic rings. The lowest BCUT2D eigenvalue weighted by molar-refractivity contribution is 0.0976. The van der Waals surface area contributed by atoms with Crippen molar-refractivity contribution < 1.29 is 9.59 Å². The van der Waals surface area contributed by atoms with Crippen molar-refractivity contribution in [2.75, 3.05) is 0 Å². The summed E-state index contributed by atoms with van der Waals surface area (Å²) in [5.74, 6) is -0.530. The van der Waals surface area contributed by atoms with E-state index in [-0.39, 0.29) is 16.6 Å². The first-order valence-electron chi connectivity index (χ1n) is 6.43. The molecule has 0 unspecified atom stereocenters. The number of hydrogen-bond acceptors (Lipinski definition) is 3. The summed E-state index contributed by atoms with van der Waals surface area (Å²) < 4.78 is 0. The standard InChI is InChI=1S/C17H11ClO2S/c18-15-12(9-10-5-2-1-3-6-10)16(19)14-11(17(15)20)7-4-8-13(14)21/h1-8,21H,9H2. The van der Waals surface area contributed by atoms with Crippen LogP contribution in [0.15, 0.2) is 64.0 Å². The van der Waals surface area contributed by atoms with Crippen LogP contribution in [0.2, 0.25) is 0 Å². The van der Waals surface area contributed by atoms with E-state index in [1.54, 1.807) is 18.2 Å². The van der Waals surface area contributed by atoms with Crippen LogP contribution >= 0.6 is 24.2 Å². The van der Waals surface area contributed by atoms with Gasteiger partial charge in [-0.3, -0.25) is 9.59 Å². The van der Waals surface area contributed by atoms with E-state index >= 15 is 0 Å². The Bertz CT molecular complexity index is 779. The molecule has 0 spiro atoms. The Labute approximate surface area is 132 Å². The molecule has 2 aromatic carbocycles. The van der Waals surface area contributed by atoms with Crippen LogP contribution in [0.25, 0.3) is 0 Å². The van der Waals surface area contributed by atoms with Gasteiger partial charge in [0, 0.05) is 28.0 Å². The summed E-state index contributed by atoms with van der Waals surface area (Å²) in [6, 6.07) is 14.5. The molecule has 0 radical (unpaired) electrons. The van der Waals surface area contributed by atoms with Crippen LogP contribution < -0.4 is 0 Å². The number of hydrogen-bond donors (Lipinski definition) is 1. The number of halogens is 1. The maximum Gasteiger partial charge on any atom is 0.205 e. The van der Waals surface area contributed by atoms with Gasteiger partial charge in [-0.25, -0.2) is 0 Å². The summed E-state index contributed by atoms with van der Waals surface area (Å²) in [7, 11) is 0. The van der Waals surface area contributed by atoms with E-state index in [0.717, 1.165) is 5.56 Å². The zero-order chi connectivity index (χ0) is 15.0. The van der Waals surface area contributed by atoms with Crippen molar-refractivity contribution in [2.45, 2.75) is 11.3 Å². The van der Waals surface area contributed by atoms with Crippen LogP contribution in [0.4, 0.5) is 0 Å². The zero-order valence-electron chi connectivity index (χ0n) is 11.0. The first-order valence-corrected chi connectivity index (χ1v) is 7.26. The summed E-state index contributed by atoms with van der Waals surface area (Å²) in [5, 5.41) is 0.00952. The van der Waals surface area contributed by atoms with Gasteiger partial charge in [0.25, 0.3) is 0 Å². The number of rotatable bonds is 2. The highest BCUT2D eigenvalue weighted by Crippen LogP contribution is 2.33. The van der Waals surface area contributed by atoms with E-state index in [1.807, 2.05) is 30.3 Å². The molecule has 0 saturated carbocycles. The van der Waals surface area contributed by atoms with E-state index in [4.69, 9.17) is 11.6 Å². The van der Waals surface area contributed by atoms with Gasteiger partial charge in [0.05, 0.1) is 5.03 Å². The van der Waals surface area contributed by atoms with Gasteiger partial charge in [-0.2, -0.15) is 0 Å². The Morgan fingerprint density at radius 3 is 2.33 bits per heavy atom. The lowest BCUT2D eigenvalue weighted by atomic mass is 9.86. The summed E-state index contributed by atoms with van der Waals surface area (Å²) >= 11 is 10.4. The fraction of sp³-hybridized carbons (Fsp3) is 0.0588. The Kier molecular flexibility index (Phi) is 3.70. The fourth-order valence-corrected chi connectivity index (χ4v) is 2.99. The van der Waals surface area contributed by atoms with E-state index in [1.165, 1.54) is 0 Å². The minimum Gasteiger partial charge on any atom is -0.289 e. The number of thiol groups is 1. The van der Waals surface area contributed by atoms with Gasteiger partial charge in [-0.1, -0.05) is 54.1 Å². The Morgan fingerprint density at radius 2 is 1.62 bits per heavy atom. The molecule has 0 aromatic heterocycles. The first kappa shape index (κ1) is 14.1. The number of ketones is 2. The number of carbonyl (C=O) groups is 2. The molecule has 0 bridgehead atoms. The van der Waals surface area contributed by atoms with Gasteiger partial charge in [-0.05, 0) is 11.6 Å². The first-order chi connectivity index (χ1) is 10.1. The van der Waals surface area contributed by atoms with E-state index < -0.39 is 0 Å². The molecule has 0 aliphatic heterocycles.